The molecule has 0 amide bonds. The average molecular weight is 264 g/mol. The summed E-state index contributed by atoms with van der Waals surface area (Å²) in [5, 5.41) is 22.8. The molecular formula is C14H10BFN4. The third-order valence-corrected chi connectivity index (χ3v) is 3.58. The zero-order chi connectivity index (χ0) is 14.1. The van der Waals surface area contributed by atoms with Gasteiger partial charge < -0.3 is 0 Å². The third-order valence-electron chi connectivity index (χ3n) is 3.58. The summed E-state index contributed by atoms with van der Waals surface area (Å²) in [5.41, 5.74) is 2.33. The van der Waals surface area contributed by atoms with E-state index in [4.69, 9.17) is 5.26 Å². The normalized spacial score (nSPS) is 13.4. The molecule has 0 fully saturated rings. The Balaban J connectivity index is 2.13. The van der Waals surface area contributed by atoms with Crippen molar-refractivity contribution in [3.8, 4) is 23.3 Å². The van der Waals surface area contributed by atoms with E-state index in [1.165, 1.54) is 12.1 Å². The predicted molar refractivity (Wildman–Crippen MR) is 72.2 cm³/mol. The van der Waals surface area contributed by atoms with E-state index in [1.807, 2.05) is 0 Å². The monoisotopic (exact) mass is 264 g/mol. The lowest BCUT2D eigenvalue weighted by molar-refractivity contribution is 0.615. The molecule has 0 atom stereocenters. The zero-order valence-corrected chi connectivity index (χ0v) is 10.7. The molecule has 3 rings (SSSR count). The fourth-order valence-corrected chi connectivity index (χ4v) is 2.57. The molecule has 1 aromatic heterocycles. The standard InChI is InChI=1S/C14H10BFN4/c16-11-3-1-2-10(6-11)14-12(8-17)13-7-15(9-18)4-5-20(13)19-14/h1-3,6H,4-5,7H2. The minimum Gasteiger partial charge on any atom is -0.269 e. The van der Waals surface area contributed by atoms with Crippen LogP contribution in [0, 0.1) is 28.4 Å². The fourth-order valence-electron chi connectivity index (χ4n) is 2.57. The van der Waals surface area contributed by atoms with Crippen LogP contribution in [0.5, 0.6) is 0 Å². The highest BCUT2D eigenvalue weighted by Crippen LogP contribution is 2.28. The molecule has 0 bridgehead atoms. The lowest BCUT2D eigenvalue weighted by Crippen LogP contribution is -2.26. The van der Waals surface area contributed by atoms with Gasteiger partial charge in [0.1, 0.15) is 23.1 Å². The minimum absolute atomic E-state index is 0.0772. The van der Waals surface area contributed by atoms with Crippen LogP contribution in [0.1, 0.15) is 11.3 Å². The van der Waals surface area contributed by atoms with Gasteiger partial charge in [0.25, 0.3) is 6.71 Å². The van der Waals surface area contributed by atoms with Crippen molar-refractivity contribution in [2.75, 3.05) is 0 Å². The highest BCUT2D eigenvalue weighted by atomic mass is 19.1. The molecule has 1 aromatic carbocycles. The molecule has 2 aromatic rings. The summed E-state index contributed by atoms with van der Waals surface area (Å²) in [6, 6.07) is 8.22. The van der Waals surface area contributed by atoms with Crippen LogP contribution < -0.4 is 0 Å². The van der Waals surface area contributed by atoms with E-state index >= 15 is 0 Å². The van der Waals surface area contributed by atoms with Gasteiger partial charge in [-0.05, 0) is 24.8 Å². The van der Waals surface area contributed by atoms with Gasteiger partial charge in [0.2, 0.25) is 0 Å². The van der Waals surface area contributed by atoms with Gasteiger partial charge in [-0.1, -0.05) is 12.1 Å². The van der Waals surface area contributed by atoms with Crippen molar-refractivity contribution in [1.29, 1.82) is 10.5 Å². The molecule has 2 heterocycles. The molecule has 1 aliphatic rings. The lowest BCUT2D eigenvalue weighted by Gasteiger charge is -2.15. The smallest absolute Gasteiger partial charge is 0.269 e. The number of fused-ring (bicyclic) bond motifs is 1. The van der Waals surface area contributed by atoms with Gasteiger partial charge in [-0.25, -0.2) is 9.65 Å². The van der Waals surface area contributed by atoms with Gasteiger partial charge in [0.05, 0.1) is 5.69 Å². The van der Waals surface area contributed by atoms with E-state index in [0.29, 0.717) is 29.7 Å². The first-order valence-electron chi connectivity index (χ1n) is 6.38. The van der Waals surface area contributed by atoms with Gasteiger partial charge in [0, 0.05) is 18.1 Å². The van der Waals surface area contributed by atoms with E-state index in [0.717, 1.165) is 12.0 Å². The predicted octanol–water partition coefficient (Wildman–Crippen LogP) is 2.21. The largest absolute Gasteiger partial charge is 0.275 e. The first kappa shape index (κ1) is 12.4. The van der Waals surface area contributed by atoms with Crippen molar-refractivity contribution >= 4 is 6.71 Å². The van der Waals surface area contributed by atoms with Gasteiger partial charge >= 0.3 is 0 Å². The minimum atomic E-state index is -0.354. The Kier molecular flexibility index (Phi) is 3.00. The lowest BCUT2D eigenvalue weighted by atomic mass is 9.45. The number of rotatable bonds is 1. The highest BCUT2D eigenvalue weighted by molar-refractivity contribution is 6.66. The Morgan fingerprint density at radius 3 is 2.90 bits per heavy atom. The molecule has 96 valence electrons. The topological polar surface area (TPSA) is 65.4 Å². The molecule has 0 saturated carbocycles. The molecule has 0 unspecified atom stereocenters. The molecule has 6 heteroatoms. The Bertz CT molecular complexity index is 754. The van der Waals surface area contributed by atoms with Crippen molar-refractivity contribution in [2.24, 2.45) is 0 Å². The van der Waals surface area contributed by atoms with Gasteiger partial charge in [-0.15, -0.1) is 0 Å². The SMILES string of the molecule is N#CB1CCn2nc(-c3cccc(F)c3)c(C#N)c2C1. The van der Waals surface area contributed by atoms with Crippen molar-refractivity contribution in [2.45, 2.75) is 19.2 Å². The summed E-state index contributed by atoms with van der Waals surface area (Å²) in [7, 11) is 0. The number of hydrogen-bond acceptors (Lipinski definition) is 3. The Labute approximate surface area is 116 Å². The van der Waals surface area contributed by atoms with E-state index in [1.54, 1.807) is 16.8 Å². The van der Waals surface area contributed by atoms with Crippen LogP contribution in [0.25, 0.3) is 11.3 Å². The van der Waals surface area contributed by atoms with Crippen LogP contribution in [0.15, 0.2) is 24.3 Å². The second kappa shape index (κ2) is 4.83. The van der Waals surface area contributed by atoms with Crippen LogP contribution in [0.4, 0.5) is 4.39 Å². The summed E-state index contributed by atoms with van der Waals surface area (Å²) < 4.78 is 15.1. The summed E-state index contributed by atoms with van der Waals surface area (Å²) in [6.45, 7) is 0.545. The fraction of sp³-hybridized carbons (Fsp3) is 0.214. The quantitative estimate of drug-likeness (QED) is 0.741. The van der Waals surface area contributed by atoms with Crippen LogP contribution in [-0.2, 0) is 12.9 Å². The number of aryl methyl sites for hydroxylation is 1. The molecule has 0 spiro atoms. The first-order chi connectivity index (χ1) is 9.72. The van der Waals surface area contributed by atoms with E-state index in [2.05, 4.69) is 17.1 Å². The van der Waals surface area contributed by atoms with Crippen LogP contribution >= 0.6 is 0 Å². The van der Waals surface area contributed by atoms with Gasteiger partial charge in [-0.2, -0.15) is 10.4 Å². The number of halogens is 1. The number of hydrogen-bond donors (Lipinski definition) is 0. The molecule has 0 N–H and O–H groups in total. The first-order valence-corrected chi connectivity index (χ1v) is 6.38. The number of nitrogens with zero attached hydrogens (tertiary/aromatic N) is 4. The maximum absolute atomic E-state index is 13.3. The molecule has 20 heavy (non-hydrogen) atoms. The second-order valence-electron chi connectivity index (χ2n) is 4.83. The Morgan fingerprint density at radius 2 is 2.20 bits per heavy atom. The summed E-state index contributed by atoms with van der Waals surface area (Å²) >= 11 is 0. The van der Waals surface area contributed by atoms with E-state index in [-0.39, 0.29) is 12.5 Å². The van der Waals surface area contributed by atoms with Crippen molar-refractivity contribution < 1.29 is 4.39 Å². The van der Waals surface area contributed by atoms with E-state index < -0.39 is 0 Å². The average Bonchev–Trinajstić information content (AvgIpc) is 2.84. The number of nitriles is 2. The Morgan fingerprint density at radius 1 is 1.35 bits per heavy atom. The van der Waals surface area contributed by atoms with Gasteiger partial charge in [0.15, 0.2) is 0 Å². The van der Waals surface area contributed by atoms with Crippen LogP contribution in [0.2, 0.25) is 6.32 Å². The molecular weight excluding hydrogens is 254 g/mol. The summed E-state index contributed by atoms with van der Waals surface area (Å²) in [5.74, 6) is 1.89. The number of benzene rings is 1. The molecule has 4 nitrogen and oxygen atoms in total. The summed E-state index contributed by atoms with van der Waals surface area (Å²) in [6.07, 6.45) is 1.26. The van der Waals surface area contributed by atoms with Crippen LogP contribution in [-0.4, -0.2) is 16.5 Å². The van der Waals surface area contributed by atoms with E-state index in [9.17, 15) is 9.65 Å². The van der Waals surface area contributed by atoms with Crippen molar-refractivity contribution in [1.82, 2.24) is 9.78 Å². The molecule has 0 saturated heterocycles. The van der Waals surface area contributed by atoms with Crippen molar-refractivity contribution in [3.63, 3.8) is 0 Å². The molecule has 0 radical (unpaired) electrons. The highest BCUT2D eigenvalue weighted by Gasteiger charge is 2.28. The van der Waals surface area contributed by atoms with Crippen LogP contribution in [0.3, 0.4) is 0 Å². The zero-order valence-electron chi connectivity index (χ0n) is 10.7. The molecule has 0 aliphatic carbocycles. The number of aromatic nitrogens is 2. The maximum Gasteiger partial charge on any atom is 0.275 e. The Hall–Kier alpha value is -2.60. The van der Waals surface area contributed by atoms with Gasteiger partial charge in [-0.3, -0.25) is 4.68 Å². The molecule has 1 aliphatic heterocycles. The maximum atomic E-state index is 13.3. The van der Waals surface area contributed by atoms with Crippen molar-refractivity contribution in [3.05, 3.63) is 41.3 Å². The third kappa shape index (κ3) is 1.96. The summed E-state index contributed by atoms with van der Waals surface area (Å²) in [4.78, 5) is 0. The second-order valence-corrected chi connectivity index (χ2v) is 4.83.